The molecule has 11 nitrogen and oxygen atoms in total. The summed E-state index contributed by atoms with van der Waals surface area (Å²) in [6.45, 7) is 3.57. The molecule has 0 bridgehead atoms. The molecule has 41 heavy (non-hydrogen) atoms. The number of halogens is 3. The van der Waals surface area contributed by atoms with Crippen LogP contribution in [0.2, 0.25) is 5.02 Å². The summed E-state index contributed by atoms with van der Waals surface area (Å²) in [6.07, 6.45) is 1.88. The number of carboxylic acid groups (broad SMARTS) is 1. The Morgan fingerprint density at radius 2 is 2.00 bits per heavy atom. The van der Waals surface area contributed by atoms with Gasteiger partial charge in [0.05, 0.1) is 23.4 Å². The van der Waals surface area contributed by atoms with Gasteiger partial charge in [-0.3, -0.25) is 4.79 Å². The van der Waals surface area contributed by atoms with Crippen LogP contribution in [0.5, 0.6) is 5.75 Å². The van der Waals surface area contributed by atoms with Gasteiger partial charge in [0, 0.05) is 43.3 Å². The van der Waals surface area contributed by atoms with Gasteiger partial charge >= 0.3 is 12.0 Å². The van der Waals surface area contributed by atoms with Gasteiger partial charge in [-0.2, -0.15) is 4.98 Å². The van der Waals surface area contributed by atoms with Gasteiger partial charge < -0.3 is 34.8 Å². The van der Waals surface area contributed by atoms with Gasteiger partial charge in [-0.25, -0.2) is 18.6 Å². The number of hydrogen-bond donors (Lipinski definition) is 3. The quantitative estimate of drug-likeness (QED) is 0.403. The standard InChI is InChI=1S/C27H30ClF2N7O4/c1-13-11-37(26(39)40)14(2)10-36(13)25-31-9-18(28)23(34-25)32-16-6-7-19-17(8-16)20-21(24(38)35(19)3)41-12-27(29,30)22(33-20)15-4-5-15/h6-9,13-15,22,33H,4-5,10-12H2,1-3H3,(H,39,40)(H,31,32,34)/t13-,14+,22?/m1/s1. The Morgan fingerprint density at radius 1 is 1.24 bits per heavy atom. The number of piperazine rings is 1. The molecule has 1 unspecified atom stereocenters. The zero-order valence-electron chi connectivity index (χ0n) is 22.7. The fourth-order valence-electron chi connectivity index (χ4n) is 5.68. The number of carbonyl (C=O) groups is 1. The summed E-state index contributed by atoms with van der Waals surface area (Å²) in [5.74, 6) is -2.75. The van der Waals surface area contributed by atoms with E-state index in [9.17, 15) is 23.5 Å². The molecule has 1 aliphatic carbocycles. The van der Waals surface area contributed by atoms with Crippen molar-refractivity contribution in [3.63, 3.8) is 0 Å². The summed E-state index contributed by atoms with van der Waals surface area (Å²) >= 11 is 6.46. The normalized spacial score (nSPS) is 23.8. The van der Waals surface area contributed by atoms with E-state index in [0.29, 0.717) is 54.3 Å². The second kappa shape index (κ2) is 9.89. The van der Waals surface area contributed by atoms with Crippen molar-refractivity contribution in [1.82, 2.24) is 19.4 Å². The number of aryl methyl sites for hydroxylation is 1. The number of rotatable bonds is 4. The number of hydrogen-bond acceptors (Lipinski definition) is 8. The molecule has 3 N–H and O–H groups in total. The van der Waals surface area contributed by atoms with E-state index in [4.69, 9.17) is 16.3 Å². The van der Waals surface area contributed by atoms with Crippen LogP contribution in [0.3, 0.4) is 0 Å². The minimum atomic E-state index is -3.14. The third-order valence-corrected chi connectivity index (χ3v) is 8.37. The highest BCUT2D eigenvalue weighted by molar-refractivity contribution is 6.33. The molecule has 0 spiro atoms. The van der Waals surface area contributed by atoms with E-state index < -0.39 is 30.2 Å². The Bertz CT molecular complexity index is 1600. The van der Waals surface area contributed by atoms with Crippen molar-refractivity contribution in [3.8, 4) is 5.75 Å². The van der Waals surface area contributed by atoms with Gasteiger partial charge in [-0.05, 0) is 50.8 Å². The Hall–Kier alpha value is -3.87. The number of benzene rings is 1. The van der Waals surface area contributed by atoms with E-state index in [-0.39, 0.29) is 34.5 Å². The van der Waals surface area contributed by atoms with E-state index in [1.165, 1.54) is 15.7 Å². The second-order valence-electron chi connectivity index (χ2n) is 11.1. The molecule has 3 atom stereocenters. The molecule has 218 valence electrons. The summed E-state index contributed by atoms with van der Waals surface area (Å²) in [5.41, 5.74) is 0.851. The number of amides is 1. The summed E-state index contributed by atoms with van der Waals surface area (Å²) in [6, 6.07) is 3.64. The van der Waals surface area contributed by atoms with Gasteiger partial charge in [0.2, 0.25) is 11.7 Å². The fraction of sp³-hybridized carbons (Fsp3) is 0.481. The number of anilines is 4. The van der Waals surface area contributed by atoms with Crippen molar-refractivity contribution in [1.29, 1.82) is 0 Å². The maximum Gasteiger partial charge on any atom is 0.407 e. The highest BCUT2D eigenvalue weighted by Crippen LogP contribution is 2.45. The predicted octanol–water partition coefficient (Wildman–Crippen LogP) is 4.52. The van der Waals surface area contributed by atoms with Crippen LogP contribution in [0.4, 0.5) is 36.7 Å². The minimum Gasteiger partial charge on any atom is -0.480 e. The van der Waals surface area contributed by atoms with Gasteiger partial charge in [0.1, 0.15) is 5.02 Å². The lowest BCUT2D eigenvalue weighted by Gasteiger charge is -2.42. The Labute approximate surface area is 239 Å². The lowest BCUT2D eigenvalue weighted by Crippen LogP contribution is -2.58. The second-order valence-corrected chi connectivity index (χ2v) is 11.5. The molecular weight excluding hydrogens is 560 g/mol. The SMILES string of the molecule is C[C@@H]1CN(C(=O)O)[C@@H](C)CN1c1ncc(Cl)c(Nc2ccc3c(c2)c2c(c(=O)n3C)OCC(F)(F)C(C3CC3)N2)n1. The molecule has 2 aromatic heterocycles. The van der Waals surface area contributed by atoms with Crippen LogP contribution in [0.15, 0.2) is 29.2 Å². The first-order valence-electron chi connectivity index (χ1n) is 13.4. The molecule has 6 rings (SSSR count). The third kappa shape index (κ3) is 4.85. The minimum absolute atomic E-state index is 0.133. The van der Waals surface area contributed by atoms with Gasteiger partial charge in [0.15, 0.2) is 12.4 Å². The Morgan fingerprint density at radius 3 is 2.71 bits per heavy atom. The first kappa shape index (κ1) is 27.3. The smallest absolute Gasteiger partial charge is 0.407 e. The molecular formula is C27H30ClF2N7O4. The number of nitrogens with zero attached hydrogens (tertiary/aromatic N) is 5. The molecule has 1 aromatic carbocycles. The van der Waals surface area contributed by atoms with Crippen LogP contribution in [0, 0.1) is 5.92 Å². The van der Waals surface area contributed by atoms with Gasteiger partial charge in [0.25, 0.3) is 5.56 Å². The molecule has 1 saturated carbocycles. The molecule has 1 saturated heterocycles. The van der Waals surface area contributed by atoms with Crippen LogP contribution in [0.25, 0.3) is 10.9 Å². The van der Waals surface area contributed by atoms with Crippen molar-refractivity contribution >= 4 is 51.7 Å². The number of alkyl halides is 2. The number of ether oxygens (including phenoxy) is 1. The number of fused-ring (bicyclic) bond motifs is 3. The summed E-state index contributed by atoms with van der Waals surface area (Å²) in [5, 5.41) is 16.4. The number of aromatic nitrogens is 3. The van der Waals surface area contributed by atoms with Crippen molar-refractivity contribution in [3.05, 3.63) is 39.8 Å². The average molecular weight is 590 g/mol. The van der Waals surface area contributed by atoms with Gasteiger partial charge in [-0.15, -0.1) is 0 Å². The number of nitrogens with one attached hydrogen (secondary N) is 2. The van der Waals surface area contributed by atoms with Crippen molar-refractivity contribution < 1.29 is 23.4 Å². The maximum absolute atomic E-state index is 15.0. The van der Waals surface area contributed by atoms with Crippen LogP contribution >= 0.6 is 11.6 Å². The fourth-order valence-corrected chi connectivity index (χ4v) is 5.82. The lowest BCUT2D eigenvalue weighted by molar-refractivity contribution is -0.0579. The van der Waals surface area contributed by atoms with Crippen LogP contribution in [-0.4, -0.2) is 74.4 Å². The van der Waals surface area contributed by atoms with Crippen molar-refractivity contribution in [2.24, 2.45) is 13.0 Å². The third-order valence-electron chi connectivity index (χ3n) is 8.09. The summed E-state index contributed by atoms with van der Waals surface area (Å²) < 4.78 is 36.7. The average Bonchev–Trinajstić information content (AvgIpc) is 3.77. The first-order chi connectivity index (χ1) is 19.4. The molecule has 3 aliphatic rings. The van der Waals surface area contributed by atoms with E-state index in [1.54, 1.807) is 25.2 Å². The largest absolute Gasteiger partial charge is 0.480 e. The van der Waals surface area contributed by atoms with Crippen molar-refractivity contribution in [2.45, 2.75) is 50.7 Å². The van der Waals surface area contributed by atoms with E-state index in [0.717, 1.165) is 0 Å². The zero-order chi connectivity index (χ0) is 29.2. The highest BCUT2D eigenvalue weighted by Gasteiger charge is 2.51. The van der Waals surface area contributed by atoms with Crippen LogP contribution < -0.4 is 25.8 Å². The van der Waals surface area contributed by atoms with Gasteiger partial charge in [-0.1, -0.05) is 11.6 Å². The maximum atomic E-state index is 15.0. The van der Waals surface area contributed by atoms with Crippen LogP contribution in [0.1, 0.15) is 26.7 Å². The van der Waals surface area contributed by atoms with Crippen molar-refractivity contribution in [2.75, 3.05) is 35.2 Å². The van der Waals surface area contributed by atoms with E-state index in [1.807, 2.05) is 18.7 Å². The van der Waals surface area contributed by atoms with E-state index >= 15 is 0 Å². The van der Waals surface area contributed by atoms with E-state index in [2.05, 4.69) is 20.6 Å². The predicted molar refractivity (Wildman–Crippen MR) is 151 cm³/mol. The number of pyridine rings is 1. The zero-order valence-corrected chi connectivity index (χ0v) is 23.5. The topological polar surface area (TPSA) is 125 Å². The monoisotopic (exact) mass is 589 g/mol. The Kier molecular flexibility index (Phi) is 6.59. The molecule has 2 fully saturated rings. The van der Waals surface area contributed by atoms with Crippen LogP contribution in [-0.2, 0) is 7.05 Å². The summed E-state index contributed by atoms with van der Waals surface area (Å²) in [4.78, 5) is 37.0. The molecule has 0 radical (unpaired) electrons. The first-order valence-corrected chi connectivity index (χ1v) is 13.8. The molecule has 1 amide bonds. The molecule has 14 heteroatoms. The summed E-state index contributed by atoms with van der Waals surface area (Å²) in [7, 11) is 1.57. The lowest BCUT2D eigenvalue weighted by atomic mass is 10.0. The highest BCUT2D eigenvalue weighted by atomic mass is 35.5. The molecule has 3 aromatic rings. The molecule has 4 heterocycles. The Balaban J connectivity index is 1.35. The molecule has 2 aliphatic heterocycles.